The minimum Gasteiger partial charge on any atom is -0.337 e. The Kier molecular flexibility index (Phi) is 5.25. The number of nitrogens with two attached hydrogens (primary N) is 1. The van der Waals surface area contributed by atoms with Gasteiger partial charge in [-0.1, -0.05) is 28.1 Å². The fraction of sp³-hybridized carbons (Fsp3) is 0.312. The second-order valence-corrected chi connectivity index (χ2v) is 6.28. The minimum absolute atomic E-state index is 0. The highest BCUT2D eigenvalue weighted by Crippen LogP contribution is 2.22. The van der Waals surface area contributed by atoms with E-state index >= 15 is 0 Å². The molecule has 3 rings (SSSR count). The number of carbonyl (C=O) groups excluding carboxylic acids is 1. The van der Waals surface area contributed by atoms with Gasteiger partial charge >= 0.3 is 0 Å². The zero-order valence-electron chi connectivity index (χ0n) is 11.6. The SMILES string of the molecule is Cl.N[C@@H]1CCCN(C(=O)c2ccc3cc(Br)ccc3c2)C1. The van der Waals surface area contributed by atoms with E-state index < -0.39 is 0 Å². The van der Waals surface area contributed by atoms with Crippen molar-refractivity contribution in [3.05, 3.63) is 46.4 Å². The van der Waals surface area contributed by atoms with E-state index in [-0.39, 0.29) is 24.4 Å². The van der Waals surface area contributed by atoms with Crippen molar-refractivity contribution in [1.82, 2.24) is 4.90 Å². The van der Waals surface area contributed by atoms with Crippen LogP contribution in [0.4, 0.5) is 0 Å². The second-order valence-electron chi connectivity index (χ2n) is 5.36. The molecular formula is C16H18BrClN2O. The van der Waals surface area contributed by atoms with Crippen LogP contribution in [0.3, 0.4) is 0 Å². The number of benzene rings is 2. The maximum Gasteiger partial charge on any atom is 0.253 e. The van der Waals surface area contributed by atoms with Crippen LogP contribution in [-0.2, 0) is 0 Å². The fourth-order valence-corrected chi connectivity index (χ4v) is 3.11. The minimum atomic E-state index is 0. The number of fused-ring (bicyclic) bond motifs is 1. The third kappa shape index (κ3) is 3.57. The number of rotatable bonds is 1. The van der Waals surface area contributed by atoms with E-state index in [1.807, 2.05) is 35.2 Å². The summed E-state index contributed by atoms with van der Waals surface area (Å²) >= 11 is 3.46. The number of piperidine rings is 1. The Bertz CT molecular complexity index is 662. The van der Waals surface area contributed by atoms with Gasteiger partial charge in [-0.15, -0.1) is 12.4 Å². The molecule has 1 aliphatic rings. The average Bonchev–Trinajstić information content (AvgIpc) is 2.46. The van der Waals surface area contributed by atoms with Gasteiger partial charge < -0.3 is 10.6 Å². The quantitative estimate of drug-likeness (QED) is 0.835. The molecule has 2 N–H and O–H groups in total. The molecule has 0 unspecified atom stereocenters. The van der Waals surface area contributed by atoms with Crippen molar-refractivity contribution in [3.8, 4) is 0 Å². The molecule has 1 saturated heterocycles. The Morgan fingerprint density at radius 3 is 2.67 bits per heavy atom. The Labute approximate surface area is 139 Å². The predicted molar refractivity (Wildman–Crippen MR) is 92.0 cm³/mol. The molecule has 0 aliphatic carbocycles. The van der Waals surface area contributed by atoms with Crippen molar-refractivity contribution in [2.75, 3.05) is 13.1 Å². The average molecular weight is 370 g/mol. The van der Waals surface area contributed by atoms with Gasteiger partial charge in [0.1, 0.15) is 0 Å². The molecule has 2 aromatic carbocycles. The third-order valence-electron chi connectivity index (χ3n) is 3.79. The number of amides is 1. The van der Waals surface area contributed by atoms with Crippen LogP contribution in [0.2, 0.25) is 0 Å². The maximum absolute atomic E-state index is 12.5. The molecule has 0 saturated carbocycles. The van der Waals surface area contributed by atoms with Gasteiger partial charge in [0, 0.05) is 29.2 Å². The Hall–Kier alpha value is -1.10. The molecule has 5 heteroatoms. The zero-order chi connectivity index (χ0) is 14.1. The summed E-state index contributed by atoms with van der Waals surface area (Å²) < 4.78 is 1.05. The Morgan fingerprint density at radius 1 is 1.19 bits per heavy atom. The van der Waals surface area contributed by atoms with Crippen molar-refractivity contribution in [3.63, 3.8) is 0 Å². The van der Waals surface area contributed by atoms with Crippen molar-refractivity contribution in [2.45, 2.75) is 18.9 Å². The highest BCUT2D eigenvalue weighted by atomic mass is 79.9. The molecule has 0 radical (unpaired) electrons. The predicted octanol–water partition coefficient (Wildman–Crippen LogP) is 3.59. The largest absolute Gasteiger partial charge is 0.337 e. The number of halogens is 2. The zero-order valence-corrected chi connectivity index (χ0v) is 14.0. The first-order chi connectivity index (χ1) is 9.63. The smallest absolute Gasteiger partial charge is 0.253 e. The summed E-state index contributed by atoms with van der Waals surface area (Å²) in [6, 6.07) is 12.1. The Balaban J connectivity index is 0.00000161. The number of hydrogen-bond acceptors (Lipinski definition) is 2. The summed E-state index contributed by atoms with van der Waals surface area (Å²) in [6.45, 7) is 1.47. The molecule has 2 aromatic rings. The lowest BCUT2D eigenvalue weighted by Gasteiger charge is -2.30. The fourth-order valence-electron chi connectivity index (χ4n) is 2.73. The van der Waals surface area contributed by atoms with Gasteiger partial charge in [0.15, 0.2) is 0 Å². The molecule has 0 aromatic heterocycles. The Morgan fingerprint density at radius 2 is 1.90 bits per heavy atom. The lowest BCUT2D eigenvalue weighted by Crippen LogP contribution is -2.45. The van der Waals surface area contributed by atoms with Gasteiger partial charge in [0.2, 0.25) is 0 Å². The summed E-state index contributed by atoms with van der Waals surface area (Å²) in [5.74, 6) is 0.0879. The highest BCUT2D eigenvalue weighted by molar-refractivity contribution is 9.10. The standard InChI is InChI=1S/C16H17BrN2O.ClH/c17-14-6-5-11-8-13(4-3-12(11)9-14)16(20)19-7-1-2-15(18)10-19;/h3-6,8-9,15H,1-2,7,10,18H2;1H/t15-;/m1./s1. The first-order valence-electron chi connectivity index (χ1n) is 6.88. The van der Waals surface area contributed by atoms with Gasteiger partial charge in [0.05, 0.1) is 0 Å². The van der Waals surface area contributed by atoms with Crippen LogP contribution in [0.25, 0.3) is 10.8 Å². The van der Waals surface area contributed by atoms with Gasteiger partial charge in [-0.05, 0) is 47.9 Å². The molecule has 112 valence electrons. The van der Waals surface area contributed by atoms with Crippen molar-refractivity contribution in [1.29, 1.82) is 0 Å². The van der Waals surface area contributed by atoms with Crippen molar-refractivity contribution in [2.24, 2.45) is 5.73 Å². The monoisotopic (exact) mass is 368 g/mol. The highest BCUT2D eigenvalue weighted by Gasteiger charge is 2.22. The first kappa shape index (κ1) is 16.3. The molecule has 1 fully saturated rings. The van der Waals surface area contributed by atoms with E-state index in [1.165, 1.54) is 0 Å². The van der Waals surface area contributed by atoms with Crippen LogP contribution >= 0.6 is 28.3 Å². The molecule has 1 aliphatic heterocycles. The molecule has 1 amide bonds. The first-order valence-corrected chi connectivity index (χ1v) is 7.67. The molecule has 0 bridgehead atoms. The normalized spacial score (nSPS) is 18.4. The van der Waals surface area contributed by atoms with Crippen LogP contribution in [0.15, 0.2) is 40.9 Å². The number of nitrogens with zero attached hydrogens (tertiary/aromatic N) is 1. The number of likely N-dealkylation sites (tertiary alicyclic amines) is 1. The van der Waals surface area contributed by atoms with E-state index in [1.54, 1.807) is 0 Å². The molecule has 0 spiro atoms. The van der Waals surface area contributed by atoms with Gasteiger partial charge in [0.25, 0.3) is 5.91 Å². The maximum atomic E-state index is 12.5. The summed E-state index contributed by atoms with van der Waals surface area (Å²) in [6.07, 6.45) is 2.00. The van der Waals surface area contributed by atoms with E-state index in [4.69, 9.17) is 5.73 Å². The number of hydrogen-bond donors (Lipinski definition) is 1. The summed E-state index contributed by atoms with van der Waals surface area (Å²) in [5.41, 5.74) is 6.69. The lowest BCUT2D eigenvalue weighted by molar-refractivity contribution is 0.0709. The van der Waals surface area contributed by atoms with E-state index in [0.717, 1.165) is 40.2 Å². The van der Waals surface area contributed by atoms with Gasteiger partial charge in [-0.3, -0.25) is 4.79 Å². The van der Waals surface area contributed by atoms with Gasteiger partial charge in [-0.2, -0.15) is 0 Å². The summed E-state index contributed by atoms with van der Waals surface area (Å²) in [4.78, 5) is 14.4. The van der Waals surface area contributed by atoms with Crippen LogP contribution in [0.5, 0.6) is 0 Å². The topological polar surface area (TPSA) is 46.3 Å². The van der Waals surface area contributed by atoms with E-state index in [0.29, 0.717) is 6.54 Å². The summed E-state index contributed by atoms with van der Waals surface area (Å²) in [5, 5.41) is 2.21. The van der Waals surface area contributed by atoms with E-state index in [9.17, 15) is 4.79 Å². The van der Waals surface area contributed by atoms with Crippen LogP contribution in [0, 0.1) is 0 Å². The molecule has 1 atom stereocenters. The molecule has 1 heterocycles. The van der Waals surface area contributed by atoms with Crippen LogP contribution < -0.4 is 5.73 Å². The molecular weight excluding hydrogens is 352 g/mol. The van der Waals surface area contributed by atoms with Crippen molar-refractivity contribution >= 4 is 45.0 Å². The third-order valence-corrected chi connectivity index (χ3v) is 4.29. The van der Waals surface area contributed by atoms with Crippen molar-refractivity contribution < 1.29 is 4.79 Å². The van der Waals surface area contributed by atoms with Crippen LogP contribution in [0.1, 0.15) is 23.2 Å². The number of carbonyl (C=O) groups is 1. The molecule has 21 heavy (non-hydrogen) atoms. The lowest BCUT2D eigenvalue weighted by atomic mass is 10.0. The summed E-state index contributed by atoms with van der Waals surface area (Å²) in [7, 11) is 0. The molecule has 3 nitrogen and oxygen atoms in total. The second kappa shape index (κ2) is 6.77. The van der Waals surface area contributed by atoms with Gasteiger partial charge in [-0.25, -0.2) is 0 Å². The van der Waals surface area contributed by atoms with E-state index in [2.05, 4.69) is 22.0 Å². The van der Waals surface area contributed by atoms with Crippen LogP contribution in [-0.4, -0.2) is 29.9 Å².